The molecule has 1 unspecified atom stereocenters. The summed E-state index contributed by atoms with van der Waals surface area (Å²) in [4.78, 5) is 14.0. The van der Waals surface area contributed by atoms with Crippen LogP contribution in [0.2, 0.25) is 0 Å². The van der Waals surface area contributed by atoms with Gasteiger partial charge in [0.15, 0.2) is 0 Å². The van der Waals surface area contributed by atoms with Crippen LogP contribution in [-0.2, 0) is 6.42 Å². The van der Waals surface area contributed by atoms with Gasteiger partial charge in [-0.15, -0.1) is 11.3 Å². The monoisotopic (exact) mass is 288 g/mol. The highest BCUT2D eigenvalue weighted by Gasteiger charge is 2.10. The maximum absolute atomic E-state index is 12.0. The topological polar surface area (TPSA) is 55.1 Å². The largest absolute Gasteiger partial charge is 0.351 e. The zero-order valence-corrected chi connectivity index (χ0v) is 12.5. The molecule has 20 heavy (non-hydrogen) atoms. The third-order valence-corrected chi connectivity index (χ3v) is 4.43. The molecule has 3 nitrogen and oxygen atoms in total. The van der Waals surface area contributed by atoms with Gasteiger partial charge in [-0.3, -0.25) is 4.79 Å². The van der Waals surface area contributed by atoms with Crippen LogP contribution in [0.25, 0.3) is 0 Å². The van der Waals surface area contributed by atoms with E-state index < -0.39 is 0 Å². The van der Waals surface area contributed by atoms with Gasteiger partial charge < -0.3 is 11.1 Å². The van der Waals surface area contributed by atoms with Crippen molar-refractivity contribution in [2.75, 3.05) is 6.54 Å². The van der Waals surface area contributed by atoms with Gasteiger partial charge in [0.05, 0.1) is 4.88 Å². The molecule has 1 heterocycles. The van der Waals surface area contributed by atoms with E-state index in [0.29, 0.717) is 6.54 Å². The molecule has 0 radical (unpaired) electrons. The molecule has 1 aromatic heterocycles. The summed E-state index contributed by atoms with van der Waals surface area (Å²) >= 11 is 1.55. The van der Waals surface area contributed by atoms with E-state index >= 15 is 0 Å². The Balaban J connectivity index is 1.79. The van der Waals surface area contributed by atoms with Crippen LogP contribution in [0.1, 0.15) is 39.5 Å². The second-order valence-corrected chi connectivity index (χ2v) is 5.85. The average Bonchev–Trinajstić information content (AvgIpc) is 2.97. The molecule has 2 rings (SSSR count). The summed E-state index contributed by atoms with van der Waals surface area (Å²) in [5.74, 6) is -0.00467. The minimum Gasteiger partial charge on any atom is -0.351 e. The lowest BCUT2D eigenvalue weighted by Crippen LogP contribution is -2.26. The predicted octanol–water partition coefficient (Wildman–Crippen LogP) is 3.13. The summed E-state index contributed by atoms with van der Waals surface area (Å²) in [5.41, 5.74) is 7.20. The Morgan fingerprint density at radius 2 is 2.00 bits per heavy atom. The first kappa shape index (κ1) is 14.8. The molecule has 4 heteroatoms. The lowest BCUT2D eigenvalue weighted by atomic mass is 10.1. The first-order valence-corrected chi connectivity index (χ1v) is 7.69. The highest BCUT2D eigenvalue weighted by molar-refractivity contribution is 7.14. The van der Waals surface area contributed by atoms with Crippen molar-refractivity contribution < 1.29 is 4.79 Å². The highest BCUT2D eigenvalue weighted by Crippen LogP contribution is 2.17. The Kier molecular flexibility index (Phi) is 5.32. The molecule has 0 aliphatic carbocycles. The minimum atomic E-state index is -0.0361. The smallest absolute Gasteiger partial charge is 0.261 e. The number of carbonyl (C=O) groups is 1. The van der Waals surface area contributed by atoms with Crippen molar-refractivity contribution in [3.63, 3.8) is 0 Å². The van der Waals surface area contributed by atoms with Crippen LogP contribution >= 0.6 is 11.3 Å². The Bertz CT molecular complexity index is 551. The summed E-state index contributed by atoms with van der Waals surface area (Å²) in [6, 6.07) is 13.8. The molecule has 1 aromatic carbocycles. The quantitative estimate of drug-likeness (QED) is 0.858. The van der Waals surface area contributed by atoms with Gasteiger partial charge in [-0.1, -0.05) is 37.3 Å². The molecule has 106 valence electrons. The molecule has 0 bridgehead atoms. The first-order chi connectivity index (χ1) is 9.70. The second kappa shape index (κ2) is 7.22. The van der Waals surface area contributed by atoms with Gasteiger partial charge in [-0.05, 0) is 30.5 Å². The van der Waals surface area contributed by atoms with Crippen LogP contribution in [0.3, 0.4) is 0 Å². The van der Waals surface area contributed by atoms with Gasteiger partial charge >= 0.3 is 0 Å². The summed E-state index contributed by atoms with van der Waals surface area (Å²) in [7, 11) is 0. The summed E-state index contributed by atoms with van der Waals surface area (Å²) in [6.45, 7) is 2.68. The lowest BCUT2D eigenvalue weighted by Gasteiger charge is -2.12. The Morgan fingerprint density at radius 1 is 1.25 bits per heavy atom. The molecule has 0 fully saturated rings. The van der Waals surface area contributed by atoms with Gasteiger partial charge in [0, 0.05) is 17.5 Å². The first-order valence-electron chi connectivity index (χ1n) is 6.88. The second-order valence-electron chi connectivity index (χ2n) is 4.68. The molecule has 0 aliphatic heterocycles. The van der Waals surface area contributed by atoms with Crippen LogP contribution in [-0.4, -0.2) is 12.5 Å². The molecule has 3 N–H and O–H groups in total. The van der Waals surface area contributed by atoms with Crippen LogP contribution in [0.15, 0.2) is 42.5 Å². The molecule has 0 spiro atoms. The number of hydrogen-bond acceptors (Lipinski definition) is 3. The van der Waals surface area contributed by atoms with E-state index in [1.54, 1.807) is 11.3 Å². The number of aryl methyl sites for hydroxylation is 1. The van der Waals surface area contributed by atoms with Crippen molar-refractivity contribution in [1.82, 2.24) is 5.32 Å². The molecular weight excluding hydrogens is 268 g/mol. The number of amides is 1. The third kappa shape index (κ3) is 3.92. The standard InChI is InChI=1S/C16H20N2OS/c1-2-13-8-9-15(20-13)16(19)18-11-10-14(17)12-6-4-3-5-7-12/h3-9,14H,2,10-11,17H2,1H3,(H,18,19). The maximum atomic E-state index is 12.0. The highest BCUT2D eigenvalue weighted by atomic mass is 32.1. The molecule has 0 aliphatic rings. The zero-order valence-electron chi connectivity index (χ0n) is 11.6. The summed E-state index contributed by atoms with van der Waals surface area (Å²) < 4.78 is 0. The van der Waals surface area contributed by atoms with Crippen LogP contribution in [0.5, 0.6) is 0 Å². The molecule has 0 saturated heterocycles. The van der Waals surface area contributed by atoms with Crippen molar-refractivity contribution in [3.8, 4) is 0 Å². The van der Waals surface area contributed by atoms with Crippen molar-refractivity contribution in [3.05, 3.63) is 57.8 Å². The molecule has 2 aromatic rings. The van der Waals surface area contributed by atoms with E-state index in [0.717, 1.165) is 23.3 Å². The Hall–Kier alpha value is -1.65. The SMILES string of the molecule is CCc1ccc(C(=O)NCCC(N)c2ccccc2)s1. The predicted molar refractivity (Wildman–Crippen MR) is 84.0 cm³/mol. The van der Waals surface area contributed by atoms with Gasteiger partial charge in [0.2, 0.25) is 0 Å². The van der Waals surface area contributed by atoms with Gasteiger partial charge in [0.1, 0.15) is 0 Å². The van der Waals surface area contributed by atoms with E-state index in [9.17, 15) is 4.79 Å². The number of rotatable bonds is 6. The molecule has 0 saturated carbocycles. The maximum Gasteiger partial charge on any atom is 0.261 e. The van der Waals surface area contributed by atoms with Crippen molar-refractivity contribution in [2.24, 2.45) is 5.73 Å². The Morgan fingerprint density at radius 3 is 2.65 bits per heavy atom. The van der Waals surface area contributed by atoms with E-state index in [1.165, 1.54) is 4.88 Å². The average molecular weight is 288 g/mol. The number of benzene rings is 1. The van der Waals surface area contributed by atoms with Crippen molar-refractivity contribution in [2.45, 2.75) is 25.8 Å². The molecule has 1 atom stereocenters. The van der Waals surface area contributed by atoms with E-state index in [2.05, 4.69) is 12.2 Å². The Labute approximate surface area is 123 Å². The number of nitrogens with two attached hydrogens (primary N) is 1. The number of carbonyl (C=O) groups excluding carboxylic acids is 1. The summed E-state index contributed by atoms with van der Waals surface area (Å²) in [6.07, 6.45) is 1.71. The van der Waals surface area contributed by atoms with Crippen LogP contribution < -0.4 is 11.1 Å². The minimum absolute atomic E-state index is 0.00467. The lowest BCUT2D eigenvalue weighted by molar-refractivity contribution is 0.0956. The van der Waals surface area contributed by atoms with E-state index in [1.807, 2.05) is 42.5 Å². The summed E-state index contributed by atoms with van der Waals surface area (Å²) in [5, 5.41) is 2.93. The van der Waals surface area contributed by atoms with Gasteiger partial charge in [0.25, 0.3) is 5.91 Å². The fourth-order valence-corrected chi connectivity index (χ4v) is 2.85. The van der Waals surface area contributed by atoms with Crippen LogP contribution in [0, 0.1) is 0 Å². The van der Waals surface area contributed by atoms with Gasteiger partial charge in [-0.2, -0.15) is 0 Å². The normalized spacial score (nSPS) is 12.1. The molecular formula is C16H20N2OS. The van der Waals surface area contributed by atoms with E-state index in [4.69, 9.17) is 5.73 Å². The van der Waals surface area contributed by atoms with Crippen molar-refractivity contribution >= 4 is 17.2 Å². The fourth-order valence-electron chi connectivity index (χ4n) is 1.99. The number of thiophene rings is 1. The number of hydrogen-bond donors (Lipinski definition) is 2. The number of nitrogens with one attached hydrogen (secondary N) is 1. The zero-order chi connectivity index (χ0) is 14.4. The van der Waals surface area contributed by atoms with E-state index in [-0.39, 0.29) is 11.9 Å². The fraction of sp³-hybridized carbons (Fsp3) is 0.312. The third-order valence-electron chi connectivity index (χ3n) is 3.20. The molecule has 1 amide bonds. The van der Waals surface area contributed by atoms with Crippen molar-refractivity contribution in [1.29, 1.82) is 0 Å². The van der Waals surface area contributed by atoms with Gasteiger partial charge in [-0.25, -0.2) is 0 Å². The van der Waals surface area contributed by atoms with Crippen LogP contribution in [0.4, 0.5) is 0 Å².